The van der Waals surface area contributed by atoms with E-state index in [1.807, 2.05) is 0 Å². The minimum atomic E-state index is -2.99. The monoisotopic (exact) mass is 434 g/mol. The molecule has 2 atom stereocenters. The van der Waals surface area contributed by atoms with E-state index in [0.717, 1.165) is 6.20 Å². The molecule has 0 spiro atoms. The van der Waals surface area contributed by atoms with Gasteiger partial charge >= 0.3 is 0 Å². The highest BCUT2D eigenvalue weighted by molar-refractivity contribution is 5.93. The molecule has 31 heavy (non-hydrogen) atoms. The minimum absolute atomic E-state index is 0.0566. The Kier molecular flexibility index (Phi) is 5.94. The van der Waals surface area contributed by atoms with E-state index in [0.29, 0.717) is 18.4 Å². The molecule has 1 saturated carbocycles. The normalized spacial score (nSPS) is 22.0. The van der Waals surface area contributed by atoms with Crippen LogP contribution in [0.5, 0.6) is 5.88 Å². The summed E-state index contributed by atoms with van der Waals surface area (Å²) in [6.45, 7) is 2.25. The summed E-state index contributed by atoms with van der Waals surface area (Å²) < 4.78 is 34.5. The number of piperidine rings is 1. The van der Waals surface area contributed by atoms with Crippen LogP contribution in [-0.2, 0) is 4.79 Å². The first-order valence-electron chi connectivity index (χ1n) is 10.3. The third kappa shape index (κ3) is 5.22. The van der Waals surface area contributed by atoms with Crippen LogP contribution in [0.2, 0.25) is 0 Å². The van der Waals surface area contributed by atoms with E-state index in [1.54, 1.807) is 24.0 Å². The van der Waals surface area contributed by atoms with E-state index >= 15 is 0 Å². The maximum atomic E-state index is 14.5. The number of H-pyrrole nitrogens is 1. The lowest BCUT2D eigenvalue weighted by molar-refractivity contribution is -0.125. The van der Waals surface area contributed by atoms with Gasteiger partial charge < -0.3 is 15.0 Å². The molecule has 2 aliphatic rings. The van der Waals surface area contributed by atoms with Gasteiger partial charge in [-0.15, -0.1) is 10.2 Å². The molecule has 0 radical (unpaired) electrons. The first kappa shape index (κ1) is 21.3. The summed E-state index contributed by atoms with van der Waals surface area (Å²) in [4.78, 5) is 31.8. The molecule has 1 amide bonds. The number of amides is 1. The number of halogens is 2. The van der Waals surface area contributed by atoms with Gasteiger partial charge in [0, 0.05) is 31.8 Å². The Hall–Kier alpha value is -2.95. The number of carbonyl (C=O) groups is 1. The SMILES string of the molecule is CC(C(=O)Nc1ccc(OCC2CC2)nn1)N1CCC(F)(F)[C@@H](c2c[nH]c(=O)cn2)C1. The maximum absolute atomic E-state index is 14.5. The zero-order valence-corrected chi connectivity index (χ0v) is 17.1. The average Bonchev–Trinajstić information content (AvgIpc) is 3.58. The third-order valence-corrected chi connectivity index (χ3v) is 5.69. The van der Waals surface area contributed by atoms with Crippen LogP contribution in [-0.4, -0.2) is 62.6 Å². The van der Waals surface area contributed by atoms with Crippen molar-refractivity contribution in [2.45, 2.75) is 44.1 Å². The number of likely N-dealkylation sites (tertiary alicyclic amines) is 1. The Morgan fingerprint density at radius 1 is 1.39 bits per heavy atom. The van der Waals surface area contributed by atoms with Gasteiger partial charge in [-0.2, -0.15) is 0 Å². The first-order valence-corrected chi connectivity index (χ1v) is 10.3. The molecule has 1 saturated heterocycles. The van der Waals surface area contributed by atoms with Crippen LogP contribution >= 0.6 is 0 Å². The number of anilines is 1. The Balaban J connectivity index is 1.37. The number of alkyl halides is 2. The van der Waals surface area contributed by atoms with Crippen molar-refractivity contribution < 1.29 is 18.3 Å². The van der Waals surface area contributed by atoms with Crippen molar-refractivity contribution in [1.29, 1.82) is 0 Å². The van der Waals surface area contributed by atoms with Gasteiger partial charge in [-0.1, -0.05) is 0 Å². The molecule has 11 heteroatoms. The van der Waals surface area contributed by atoms with Gasteiger partial charge in [-0.3, -0.25) is 19.5 Å². The van der Waals surface area contributed by atoms with Crippen molar-refractivity contribution in [2.24, 2.45) is 5.92 Å². The van der Waals surface area contributed by atoms with Crippen molar-refractivity contribution in [3.05, 3.63) is 40.6 Å². The van der Waals surface area contributed by atoms with Crippen LogP contribution in [0.25, 0.3) is 0 Å². The van der Waals surface area contributed by atoms with E-state index in [1.165, 1.54) is 19.0 Å². The summed E-state index contributed by atoms with van der Waals surface area (Å²) in [5.74, 6) is -3.34. The van der Waals surface area contributed by atoms with Gasteiger partial charge in [0.1, 0.15) is 0 Å². The van der Waals surface area contributed by atoms with Crippen molar-refractivity contribution in [1.82, 2.24) is 25.1 Å². The molecule has 0 aromatic carbocycles. The quantitative estimate of drug-likeness (QED) is 0.683. The van der Waals surface area contributed by atoms with Crippen LogP contribution in [0.4, 0.5) is 14.6 Å². The molecule has 2 N–H and O–H groups in total. The molecule has 2 aromatic rings. The molecule has 2 aromatic heterocycles. The highest BCUT2D eigenvalue weighted by atomic mass is 19.3. The summed E-state index contributed by atoms with van der Waals surface area (Å²) in [6.07, 6.45) is 4.11. The highest BCUT2D eigenvalue weighted by Crippen LogP contribution is 2.39. The second kappa shape index (κ2) is 8.66. The average molecular weight is 434 g/mol. The van der Waals surface area contributed by atoms with Crippen LogP contribution in [0, 0.1) is 5.92 Å². The molecule has 3 heterocycles. The number of ether oxygens (including phenoxy) is 1. The number of aromatic amines is 1. The smallest absolute Gasteiger partial charge is 0.266 e. The fraction of sp³-hybridized carbons (Fsp3) is 0.550. The highest BCUT2D eigenvalue weighted by Gasteiger charge is 2.47. The van der Waals surface area contributed by atoms with Gasteiger partial charge in [0.15, 0.2) is 5.82 Å². The molecule has 1 aliphatic heterocycles. The lowest BCUT2D eigenvalue weighted by atomic mass is 9.90. The molecule has 2 fully saturated rings. The number of hydrogen-bond acceptors (Lipinski definition) is 7. The van der Waals surface area contributed by atoms with E-state index in [4.69, 9.17) is 4.74 Å². The number of nitrogens with one attached hydrogen (secondary N) is 2. The maximum Gasteiger partial charge on any atom is 0.266 e. The standard InChI is InChI=1S/C20H24F2N6O3/c1-12(19(30)25-16-4-5-18(27-26-16)31-11-13-2-3-13)28-7-6-20(21,22)14(10-28)15-8-24-17(29)9-23-15/h4-5,8-9,12-14H,2-3,6-7,10-11H2,1H3,(H,24,29)(H,25,26,30)/t12?,14-/m1/s1. The molecule has 1 unspecified atom stereocenters. The van der Waals surface area contributed by atoms with E-state index < -0.39 is 29.9 Å². The van der Waals surface area contributed by atoms with Crippen LogP contribution in [0.15, 0.2) is 29.3 Å². The first-order chi connectivity index (χ1) is 14.8. The lowest BCUT2D eigenvalue weighted by Crippen LogP contribution is -2.52. The number of aromatic nitrogens is 4. The largest absolute Gasteiger partial charge is 0.476 e. The Morgan fingerprint density at radius 2 is 2.19 bits per heavy atom. The summed E-state index contributed by atoms with van der Waals surface area (Å²) >= 11 is 0. The summed E-state index contributed by atoms with van der Waals surface area (Å²) in [7, 11) is 0. The fourth-order valence-electron chi connectivity index (χ4n) is 3.48. The van der Waals surface area contributed by atoms with Crippen LogP contribution in [0.3, 0.4) is 0 Å². The summed E-state index contributed by atoms with van der Waals surface area (Å²) in [5.41, 5.74) is -0.368. The molecule has 166 valence electrons. The van der Waals surface area contributed by atoms with Crippen molar-refractivity contribution in [3.8, 4) is 5.88 Å². The van der Waals surface area contributed by atoms with Gasteiger partial charge in [0.25, 0.3) is 11.5 Å². The van der Waals surface area contributed by atoms with E-state index in [-0.39, 0.29) is 30.5 Å². The van der Waals surface area contributed by atoms with E-state index in [9.17, 15) is 18.4 Å². The molecule has 9 nitrogen and oxygen atoms in total. The molecule has 0 bridgehead atoms. The molecule has 4 rings (SSSR count). The minimum Gasteiger partial charge on any atom is -0.476 e. The molecule has 1 aliphatic carbocycles. The van der Waals surface area contributed by atoms with Crippen LogP contribution in [0.1, 0.15) is 37.8 Å². The Bertz CT molecular complexity index is 959. The zero-order chi connectivity index (χ0) is 22.0. The Labute approximate surface area is 177 Å². The van der Waals surface area contributed by atoms with Gasteiger partial charge in [0.2, 0.25) is 11.8 Å². The predicted octanol–water partition coefficient (Wildman–Crippen LogP) is 1.80. The van der Waals surface area contributed by atoms with Crippen molar-refractivity contribution >= 4 is 11.7 Å². The van der Waals surface area contributed by atoms with Crippen molar-refractivity contribution in [2.75, 3.05) is 25.0 Å². The number of rotatable bonds is 7. The molecular weight excluding hydrogens is 410 g/mol. The number of nitrogens with zero attached hydrogens (tertiary/aromatic N) is 4. The zero-order valence-electron chi connectivity index (χ0n) is 17.1. The second-order valence-corrected chi connectivity index (χ2v) is 8.07. The molecular formula is C20H24F2N6O3. The van der Waals surface area contributed by atoms with Gasteiger partial charge in [0.05, 0.1) is 30.5 Å². The topological polar surface area (TPSA) is 113 Å². The lowest BCUT2D eigenvalue weighted by Gasteiger charge is -2.40. The summed E-state index contributed by atoms with van der Waals surface area (Å²) in [5, 5.41) is 10.6. The third-order valence-electron chi connectivity index (χ3n) is 5.69. The van der Waals surface area contributed by atoms with Crippen molar-refractivity contribution in [3.63, 3.8) is 0 Å². The number of hydrogen-bond donors (Lipinski definition) is 2. The fourth-order valence-corrected chi connectivity index (χ4v) is 3.48. The summed E-state index contributed by atoms with van der Waals surface area (Å²) in [6, 6.07) is 2.56. The second-order valence-electron chi connectivity index (χ2n) is 8.07. The van der Waals surface area contributed by atoms with Gasteiger partial charge in [-0.25, -0.2) is 8.78 Å². The van der Waals surface area contributed by atoms with Gasteiger partial charge in [-0.05, 0) is 31.7 Å². The Morgan fingerprint density at radius 3 is 2.84 bits per heavy atom. The predicted molar refractivity (Wildman–Crippen MR) is 107 cm³/mol. The number of carbonyl (C=O) groups excluding carboxylic acids is 1. The van der Waals surface area contributed by atoms with E-state index in [2.05, 4.69) is 25.5 Å². The van der Waals surface area contributed by atoms with Crippen LogP contribution < -0.4 is 15.6 Å².